The molecule has 4 N–H and O–H groups in total. The lowest BCUT2D eigenvalue weighted by molar-refractivity contribution is -0.141. The molecule has 0 aromatic carbocycles. The zero-order valence-corrected chi connectivity index (χ0v) is 10.4. The van der Waals surface area contributed by atoms with Crippen molar-refractivity contribution in [3.05, 3.63) is 12.2 Å². The van der Waals surface area contributed by atoms with Crippen LogP contribution in [-0.4, -0.2) is 44.9 Å². The van der Waals surface area contributed by atoms with Crippen LogP contribution in [0.25, 0.3) is 0 Å². The van der Waals surface area contributed by atoms with E-state index in [0.29, 0.717) is 38.1 Å². The molecule has 8 nitrogen and oxygen atoms in total. The molecule has 2 amide bonds. The van der Waals surface area contributed by atoms with Crippen LogP contribution in [0.3, 0.4) is 0 Å². The largest absolute Gasteiger partial charge is 0.481 e. The molecule has 19 heavy (non-hydrogen) atoms. The molecule has 2 unspecified atom stereocenters. The number of H-pyrrole nitrogens is 1. The second-order valence-corrected chi connectivity index (χ2v) is 4.63. The van der Waals surface area contributed by atoms with Crippen molar-refractivity contribution in [1.29, 1.82) is 0 Å². The van der Waals surface area contributed by atoms with E-state index in [4.69, 9.17) is 5.11 Å². The average Bonchev–Trinajstić information content (AvgIpc) is 3.00. The second kappa shape index (κ2) is 6.17. The Morgan fingerprint density at radius 1 is 1.47 bits per heavy atom. The standard InChI is InChI=1S/C11H17N5O3/c17-10(18)7-1-2-8(5-7)15-11(19)12-4-3-9-13-6-14-16-9/h6-8H,1-5H2,(H,17,18)(H2,12,15,19)(H,13,14,16). The number of carboxylic acids is 1. The maximum atomic E-state index is 11.6. The van der Waals surface area contributed by atoms with Gasteiger partial charge >= 0.3 is 12.0 Å². The Hall–Kier alpha value is -2.12. The molecule has 0 saturated heterocycles. The van der Waals surface area contributed by atoms with Crippen LogP contribution < -0.4 is 10.6 Å². The van der Waals surface area contributed by atoms with Gasteiger partial charge in [-0.1, -0.05) is 0 Å². The zero-order chi connectivity index (χ0) is 13.7. The Kier molecular flexibility index (Phi) is 4.32. The minimum atomic E-state index is -0.782. The van der Waals surface area contributed by atoms with Gasteiger partial charge in [-0.05, 0) is 19.3 Å². The molecule has 2 rings (SSSR count). The minimum absolute atomic E-state index is 0.0496. The lowest BCUT2D eigenvalue weighted by Crippen LogP contribution is -2.42. The van der Waals surface area contributed by atoms with Gasteiger partial charge in [0.2, 0.25) is 0 Å². The SMILES string of the molecule is O=C(NCCc1ncn[nH]1)NC1CCC(C(=O)O)C1. The average molecular weight is 267 g/mol. The van der Waals surface area contributed by atoms with Gasteiger partial charge in [0.05, 0.1) is 5.92 Å². The van der Waals surface area contributed by atoms with Gasteiger partial charge in [0.25, 0.3) is 0 Å². The first-order valence-corrected chi connectivity index (χ1v) is 6.26. The monoisotopic (exact) mass is 267 g/mol. The van der Waals surface area contributed by atoms with Crippen LogP contribution in [0, 0.1) is 5.92 Å². The Labute approximate surface area is 110 Å². The number of amides is 2. The van der Waals surface area contributed by atoms with Crippen molar-refractivity contribution in [2.24, 2.45) is 5.92 Å². The topological polar surface area (TPSA) is 120 Å². The number of nitrogens with zero attached hydrogens (tertiary/aromatic N) is 2. The first-order valence-electron chi connectivity index (χ1n) is 6.26. The van der Waals surface area contributed by atoms with E-state index < -0.39 is 5.97 Å². The summed E-state index contributed by atoms with van der Waals surface area (Å²) < 4.78 is 0. The summed E-state index contributed by atoms with van der Waals surface area (Å²) in [5, 5.41) is 20.8. The summed E-state index contributed by atoms with van der Waals surface area (Å²) in [7, 11) is 0. The number of hydrogen-bond donors (Lipinski definition) is 4. The van der Waals surface area contributed by atoms with Gasteiger partial charge in [0.1, 0.15) is 12.2 Å². The van der Waals surface area contributed by atoms with Crippen molar-refractivity contribution in [1.82, 2.24) is 25.8 Å². The first-order chi connectivity index (χ1) is 9.15. The maximum absolute atomic E-state index is 11.6. The molecule has 1 aromatic heterocycles. The van der Waals surface area contributed by atoms with Crippen LogP contribution in [-0.2, 0) is 11.2 Å². The second-order valence-electron chi connectivity index (χ2n) is 4.63. The van der Waals surface area contributed by atoms with Gasteiger partial charge < -0.3 is 15.7 Å². The molecule has 0 spiro atoms. The molecule has 0 bridgehead atoms. The van der Waals surface area contributed by atoms with Crippen molar-refractivity contribution >= 4 is 12.0 Å². The molecule has 1 aliphatic carbocycles. The van der Waals surface area contributed by atoms with E-state index in [-0.39, 0.29) is 18.0 Å². The summed E-state index contributed by atoms with van der Waals surface area (Å²) in [4.78, 5) is 26.3. The van der Waals surface area contributed by atoms with Crippen molar-refractivity contribution in [3.63, 3.8) is 0 Å². The number of rotatable bonds is 5. The maximum Gasteiger partial charge on any atom is 0.315 e. The number of nitrogens with one attached hydrogen (secondary N) is 3. The van der Waals surface area contributed by atoms with Gasteiger partial charge in [-0.3, -0.25) is 9.89 Å². The minimum Gasteiger partial charge on any atom is -0.481 e. The third-order valence-corrected chi connectivity index (χ3v) is 3.23. The summed E-state index contributed by atoms with van der Waals surface area (Å²) in [6.45, 7) is 0.454. The number of urea groups is 1. The molecule has 0 aliphatic heterocycles. The fourth-order valence-corrected chi connectivity index (χ4v) is 2.22. The molecule has 2 atom stereocenters. The highest BCUT2D eigenvalue weighted by Crippen LogP contribution is 2.25. The number of hydrogen-bond acceptors (Lipinski definition) is 4. The highest BCUT2D eigenvalue weighted by atomic mass is 16.4. The normalized spacial score (nSPS) is 22.1. The Morgan fingerprint density at radius 3 is 2.95 bits per heavy atom. The highest BCUT2D eigenvalue weighted by Gasteiger charge is 2.30. The summed E-state index contributed by atoms with van der Waals surface area (Å²) in [5.74, 6) is -0.401. The van der Waals surface area contributed by atoms with Crippen LogP contribution in [0.4, 0.5) is 4.79 Å². The van der Waals surface area contributed by atoms with E-state index in [9.17, 15) is 9.59 Å². The summed E-state index contributed by atoms with van der Waals surface area (Å²) in [6.07, 6.45) is 3.84. The predicted octanol–water partition coefficient (Wildman–Crippen LogP) is -0.100. The van der Waals surface area contributed by atoms with Crippen LogP contribution >= 0.6 is 0 Å². The number of carbonyl (C=O) groups is 2. The van der Waals surface area contributed by atoms with Gasteiger partial charge in [-0.15, -0.1) is 0 Å². The van der Waals surface area contributed by atoms with E-state index >= 15 is 0 Å². The van der Waals surface area contributed by atoms with Gasteiger partial charge in [0.15, 0.2) is 0 Å². The van der Waals surface area contributed by atoms with E-state index in [0.717, 1.165) is 0 Å². The Balaban J connectivity index is 1.63. The predicted molar refractivity (Wildman–Crippen MR) is 65.4 cm³/mol. The Morgan fingerprint density at radius 2 is 2.32 bits per heavy atom. The number of aromatic amines is 1. The fraction of sp³-hybridized carbons (Fsp3) is 0.636. The molecule has 8 heteroatoms. The smallest absolute Gasteiger partial charge is 0.315 e. The van der Waals surface area contributed by atoms with Crippen molar-refractivity contribution < 1.29 is 14.7 Å². The van der Waals surface area contributed by atoms with E-state index in [1.54, 1.807) is 0 Å². The third kappa shape index (κ3) is 3.94. The van der Waals surface area contributed by atoms with Crippen molar-refractivity contribution in [3.8, 4) is 0 Å². The van der Waals surface area contributed by atoms with Crippen LogP contribution in [0.2, 0.25) is 0 Å². The fourth-order valence-electron chi connectivity index (χ4n) is 2.22. The van der Waals surface area contributed by atoms with Crippen LogP contribution in [0.1, 0.15) is 25.1 Å². The lowest BCUT2D eigenvalue weighted by atomic mass is 10.1. The first kappa shape index (κ1) is 13.3. The van der Waals surface area contributed by atoms with Crippen LogP contribution in [0.15, 0.2) is 6.33 Å². The van der Waals surface area contributed by atoms with Crippen LogP contribution in [0.5, 0.6) is 0 Å². The molecule has 1 heterocycles. The van der Waals surface area contributed by atoms with Crippen molar-refractivity contribution in [2.45, 2.75) is 31.7 Å². The Bertz CT molecular complexity index is 434. The molecule has 0 radical (unpaired) electrons. The summed E-state index contributed by atoms with van der Waals surface area (Å²) >= 11 is 0. The molecule has 1 aromatic rings. The number of aromatic nitrogens is 3. The summed E-state index contributed by atoms with van der Waals surface area (Å²) in [5.41, 5.74) is 0. The zero-order valence-electron chi connectivity index (χ0n) is 10.4. The highest BCUT2D eigenvalue weighted by molar-refractivity contribution is 5.75. The lowest BCUT2D eigenvalue weighted by Gasteiger charge is -2.13. The molecule has 1 saturated carbocycles. The molecular weight excluding hydrogens is 250 g/mol. The van der Waals surface area contributed by atoms with Gasteiger partial charge in [0, 0.05) is 19.0 Å². The molecule has 104 valence electrons. The van der Waals surface area contributed by atoms with E-state index in [1.807, 2.05) is 0 Å². The van der Waals surface area contributed by atoms with Crippen molar-refractivity contribution in [2.75, 3.05) is 6.54 Å². The van der Waals surface area contributed by atoms with Gasteiger partial charge in [-0.2, -0.15) is 5.10 Å². The van der Waals surface area contributed by atoms with Gasteiger partial charge in [-0.25, -0.2) is 9.78 Å². The molecule has 1 fully saturated rings. The molecular formula is C11H17N5O3. The van der Waals surface area contributed by atoms with E-state index in [1.165, 1.54) is 6.33 Å². The number of aliphatic carboxylic acids is 1. The third-order valence-electron chi connectivity index (χ3n) is 3.23. The number of carboxylic acid groups (broad SMARTS) is 1. The summed E-state index contributed by atoms with van der Waals surface area (Å²) in [6, 6.07) is -0.318. The molecule has 1 aliphatic rings. The number of carbonyl (C=O) groups excluding carboxylic acids is 1. The quantitative estimate of drug-likeness (QED) is 0.593. The van der Waals surface area contributed by atoms with E-state index in [2.05, 4.69) is 25.8 Å².